The number of ether oxygens (including phenoxy) is 1. The van der Waals surface area contributed by atoms with Gasteiger partial charge in [0.2, 0.25) is 11.3 Å². The second-order valence-corrected chi connectivity index (χ2v) is 5.66. The van der Waals surface area contributed by atoms with Crippen LogP contribution < -0.4 is 5.43 Å². The van der Waals surface area contributed by atoms with E-state index < -0.39 is 11.3 Å². The Bertz CT molecular complexity index is 274. The van der Waals surface area contributed by atoms with E-state index in [1.807, 2.05) is 7.05 Å². The topological polar surface area (TPSA) is 65.0 Å². The lowest BCUT2D eigenvalue weighted by molar-refractivity contribution is 0.117. The molecule has 3 unspecified atom stereocenters. The third kappa shape index (κ3) is 3.70. The van der Waals surface area contributed by atoms with Crippen molar-refractivity contribution < 1.29 is 13.5 Å². The van der Waals surface area contributed by atoms with Crippen LogP contribution in [-0.4, -0.2) is 63.5 Å². The van der Waals surface area contributed by atoms with Crippen molar-refractivity contribution in [2.45, 2.75) is 31.3 Å². The minimum atomic E-state index is -1.97. The molecule has 2 saturated heterocycles. The van der Waals surface area contributed by atoms with E-state index in [0.717, 1.165) is 39.0 Å². The molecular weight excluding hydrogens is 242 g/mol. The van der Waals surface area contributed by atoms with E-state index in [1.54, 1.807) is 0 Å². The summed E-state index contributed by atoms with van der Waals surface area (Å²) in [5, 5.41) is 0. The highest BCUT2D eigenvalue weighted by Gasteiger charge is 2.30. The summed E-state index contributed by atoms with van der Waals surface area (Å²) in [5.41, 5.74) is 3.14. The van der Waals surface area contributed by atoms with Crippen molar-refractivity contribution in [2.24, 2.45) is 0 Å². The molecule has 2 rings (SSSR count). The Morgan fingerprint density at radius 1 is 1.53 bits per heavy atom. The number of hydrogen-bond donors (Lipinski definition) is 2. The lowest BCUT2D eigenvalue weighted by atomic mass is 10.1. The number of likely N-dealkylation sites (tertiary alicyclic amines) is 1. The van der Waals surface area contributed by atoms with Crippen LogP contribution in [-0.2, 0) is 16.0 Å². The molecule has 3 atom stereocenters. The van der Waals surface area contributed by atoms with Gasteiger partial charge in [-0.1, -0.05) is 0 Å². The Morgan fingerprint density at radius 2 is 2.35 bits per heavy atom. The molecule has 2 N–H and O–H groups in total. The fourth-order valence-corrected chi connectivity index (χ4v) is 3.09. The van der Waals surface area contributed by atoms with Crippen LogP contribution in [0.1, 0.15) is 19.3 Å². The molecule has 0 aromatic heterocycles. The third-order valence-corrected chi connectivity index (χ3v) is 4.08. The van der Waals surface area contributed by atoms with Crippen molar-refractivity contribution in [3.8, 4) is 0 Å². The molecule has 0 saturated carbocycles. The fourth-order valence-electron chi connectivity index (χ4n) is 2.42. The second kappa shape index (κ2) is 6.21. The van der Waals surface area contributed by atoms with Gasteiger partial charge in [-0.15, -0.1) is 4.41 Å². The monoisotopic (exact) mass is 263 g/mol. The van der Waals surface area contributed by atoms with Gasteiger partial charge in [-0.2, -0.15) is 0 Å². The van der Waals surface area contributed by atoms with Crippen LogP contribution in [0.3, 0.4) is 0 Å². The Labute approximate surface area is 105 Å². The van der Waals surface area contributed by atoms with Gasteiger partial charge in [0, 0.05) is 19.2 Å². The highest BCUT2D eigenvalue weighted by Crippen LogP contribution is 2.16. The van der Waals surface area contributed by atoms with E-state index in [-0.39, 0.29) is 12.1 Å². The van der Waals surface area contributed by atoms with E-state index in [0.29, 0.717) is 6.61 Å². The molecule has 2 heterocycles. The molecule has 0 aliphatic carbocycles. The van der Waals surface area contributed by atoms with E-state index in [2.05, 4.69) is 10.3 Å². The van der Waals surface area contributed by atoms with Gasteiger partial charge < -0.3 is 9.64 Å². The van der Waals surface area contributed by atoms with Crippen LogP contribution in [0.15, 0.2) is 0 Å². The molecule has 2 aliphatic heterocycles. The van der Waals surface area contributed by atoms with Crippen molar-refractivity contribution in [1.82, 2.24) is 14.7 Å². The molecule has 0 amide bonds. The molecular formula is C10H21N3O3S. The first kappa shape index (κ1) is 13.4. The van der Waals surface area contributed by atoms with Crippen molar-refractivity contribution >= 4 is 11.3 Å². The highest BCUT2D eigenvalue weighted by atomic mass is 32.2. The Balaban J connectivity index is 1.93. The molecule has 0 bridgehead atoms. The maximum Gasteiger partial charge on any atom is 0.249 e. The fraction of sp³-hybridized carbons (Fsp3) is 1.00. The number of nitrogens with zero attached hydrogens (tertiary/aromatic N) is 2. The molecule has 2 fully saturated rings. The van der Waals surface area contributed by atoms with Crippen LogP contribution >= 0.6 is 0 Å². The van der Waals surface area contributed by atoms with Gasteiger partial charge in [0.25, 0.3) is 0 Å². The summed E-state index contributed by atoms with van der Waals surface area (Å²) in [6, 6.07) is 0.263. The van der Waals surface area contributed by atoms with E-state index >= 15 is 0 Å². The van der Waals surface area contributed by atoms with Crippen LogP contribution in [0.25, 0.3) is 0 Å². The number of likely N-dealkylation sites (N-methyl/N-ethyl adjacent to an activating group) is 1. The van der Waals surface area contributed by atoms with Gasteiger partial charge in [0.05, 0.1) is 12.6 Å². The van der Waals surface area contributed by atoms with E-state index in [4.69, 9.17) is 4.74 Å². The zero-order valence-electron chi connectivity index (χ0n) is 10.2. The minimum Gasteiger partial charge on any atom is -0.380 e. The van der Waals surface area contributed by atoms with Crippen molar-refractivity contribution in [1.29, 1.82) is 0 Å². The van der Waals surface area contributed by atoms with Crippen LogP contribution in [0.4, 0.5) is 0 Å². The first-order chi connectivity index (χ1) is 8.16. The summed E-state index contributed by atoms with van der Waals surface area (Å²) < 4.78 is 27.6. The van der Waals surface area contributed by atoms with E-state index in [1.165, 1.54) is 4.41 Å². The molecule has 17 heavy (non-hydrogen) atoms. The first-order valence-corrected chi connectivity index (χ1v) is 7.16. The van der Waals surface area contributed by atoms with Crippen LogP contribution in [0, 0.1) is 0 Å². The Morgan fingerprint density at radius 3 is 2.94 bits per heavy atom. The van der Waals surface area contributed by atoms with Crippen molar-refractivity contribution in [2.75, 3.05) is 33.4 Å². The molecule has 0 spiro atoms. The maximum absolute atomic E-state index is 11.4. The first-order valence-electron chi connectivity index (χ1n) is 6.09. The smallest absolute Gasteiger partial charge is 0.249 e. The predicted molar refractivity (Wildman–Crippen MR) is 65.5 cm³/mol. The number of piperidine rings is 1. The minimum absolute atomic E-state index is 0.0974. The Hall–Kier alpha value is -0.0500. The summed E-state index contributed by atoms with van der Waals surface area (Å²) in [4.78, 5) is 2.20. The SMILES string of the molecule is CN1CCCC(N(NC2CCOC2)S(=O)O)C1. The number of hydrazine groups is 1. The normalized spacial score (nSPS) is 33.1. The van der Waals surface area contributed by atoms with Gasteiger partial charge in [-0.05, 0) is 32.9 Å². The van der Waals surface area contributed by atoms with Crippen molar-refractivity contribution in [3.05, 3.63) is 0 Å². The van der Waals surface area contributed by atoms with Gasteiger partial charge in [-0.3, -0.25) is 4.55 Å². The lowest BCUT2D eigenvalue weighted by Crippen LogP contribution is -2.55. The summed E-state index contributed by atoms with van der Waals surface area (Å²) in [6.07, 6.45) is 2.92. The largest absolute Gasteiger partial charge is 0.380 e. The third-order valence-electron chi connectivity index (χ3n) is 3.34. The maximum atomic E-state index is 11.4. The number of nitrogens with one attached hydrogen (secondary N) is 1. The number of rotatable bonds is 4. The molecule has 0 radical (unpaired) electrons. The zero-order valence-corrected chi connectivity index (χ0v) is 11.0. The van der Waals surface area contributed by atoms with Gasteiger partial charge in [0.15, 0.2) is 0 Å². The van der Waals surface area contributed by atoms with Crippen LogP contribution in [0.2, 0.25) is 0 Å². The molecule has 6 nitrogen and oxygen atoms in total. The van der Waals surface area contributed by atoms with Crippen LogP contribution in [0.5, 0.6) is 0 Å². The Kier molecular flexibility index (Phi) is 4.89. The summed E-state index contributed by atoms with van der Waals surface area (Å²) in [6.45, 7) is 3.24. The van der Waals surface area contributed by atoms with Gasteiger partial charge in [0.1, 0.15) is 0 Å². The zero-order chi connectivity index (χ0) is 12.3. The van der Waals surface area contributed by atoms with Gasteiger partial charge in [-0.25, -0.2) is 9.63 Å². The summed E-state index contributed by atoms with van der Waals surface area (Å²) in [5.74, 6) is 0. The van der Waals surface area contributed by atoms with Crippen molar-refractivity contribution in [3.63, 3.8) is 0 Å². The number of hydrogen-bond acceptors (Lipinski definition) is 4. The standard InChI is InChI=1S/C10H21N3O3S/c1-12-5-2-3-10(7-12)13(17(14)15)11-9-4-6-16-8-9/h9-11H,2-8H2,1H3,(H,14,15). The van der Waals surface area contributed by atoms with E-state index in [9.17, 15) is 8.76 Å². The predicted octanol–water partition coefficient (Wildman–Crippen LogP) is -0.187. The highest BCUT2D eigenvalue weighted by molar-refractivity contribution is 7.76. The quantitative estimate of drug-likeness (QED) is 0.544. The molecule has 7 heteroatoms. The summed E-state index contributed by atoms with van der Waals surface area (Å²) in [7, 11) is 2.04. The second-order valence-electron chi connectivity index (χ2n) is 4.80. The molecule has 0 aromatic rings. The average Bonchev–Trinajstić information content (AvgIpc) is 2.78. The van der Waals surface area contributed by atoms with Gasteiger partial charge >= 0.3 is 0 Å². The molecule has 100 valence electrons. The summed E-state index contributed by atoms with van der Waals surface area (Å²) >= 11 is -1.97. The molecule has 0 aromatic carbocycles. The average molecular weight is 263 g/mol. The molecule has 2 aliphatic rings. The lowest BCUT2D eigenvalue weighted by Gasteiger charge is -2.36.